The van der Waals surface area contributed by atoms with Gasteiger partial charge < -0.3 is 33.8 Å². The summed E-state index contributed by atoms with van der Waals surface area (Å²) in [5, 5.41) is 7.98. The number of carbonyl (C=O) groups excluding carboxylic acids is 4. The summed E-state index contributed by atoms with van der Waals surface area (Å²) in [5.41, 5.74) is 2.41. The summed E-state index contributed by atoms with van der Waals surface area (Å²) < 4.78 is 33.0. The summed E-state index contributed by atoms with van der Waals surface area (Å²) >= 11 is 0. The number of unbranched alkanes of at least 4 members (excludes halogenated alkanes) is 6. The molecule has 0 amide bonds. The lowest BCUT2D eigenvalue weighted by atomic mass is 9.82. The van der Waals surface area contributed by atoms with E-state index in [2.05, 4.69) is 13.2 Å². The van der Waals surface area contributed by atoms with E-state index < -0.39 is 17.9 Å². The number of hydrogen-bond donors (Lipinski definition) is 1. The van der Waals surface area contributed by atoms with Crippen molar-refractivity contribution in [3.8, 4) is 17.2 Å². The van der Waals surface area contributed by atoms with Gasteiger partial charge in [0.15, 0.2) is 0 Å². The molecule has 0 unspecified atom stereocenters. The minimum Gasteiger partial charge on any atom is -0.494 e. The molecule has 11 heteroatoms. The maximum Gasteiger partial charge on any atom is 0.343 e. The molecule has 1 fully saturated rings. The normalized spacial score (nSPS) is 14.8. The number of carbonyl (C=O) groups is 4. The first-order chi connectivity index (χ1) is 27.3. The van der Waals surface area contributed by atoms with Crippen LogP contribution in [0.25, 0.3) is 0 Å². The number of nitrogens with one attached hydrogen (secondary N) is 1. The quantitative estimate of drug-likeness (QED) is 0.0234. The highest BCUT2D eigenvalue weighted by Crippen LogP contribution is 2.36. The third-order valence-electron chi connectivity index (χ3n) is 9.43. The molecule has 1 N–H and O–H groups in total. The molecule has 0 heterocycles. The maximum atomic E-state index is 12.9. The van der Waals surface area contributed by atoms with Gasteiger partial charge in [-0.3, -0.25) is 0 Å². The Bertz CT molecular complexity index is 1740. The minimum absolute atomic E-state index is 0.179. The lowest BCUT2D eigenvalue weighted by Crippen LogP contribution is -2.24. The Labute approximate surface area is 329 Å². The molecular weight excluding hydrogens is 714 g/mol. The Hall–Kier alpha value is -5.71. The van der Waals surface area contributed by atoms with Crippen molar-refractivity contribution < 1.29 is 47.6 Å². The Morgan fingerprint density at radius 2 is 1.09 bits per heavy atom. The third kappa shape index (κ3) is 14.8. The first-order valence-corrected chi connectivity index (χ1v) is 19.4. The van der Waals surface area contributed by atoms with Crippen LogP contribution in [0.2, 0.25) is 0 Å². The molecule has 298 valence electrons. The fraction of sp³-hybridized carbons (Fsp3) is 0.400. The summed E-state index contributed by atoms with van der Waals surface area (Å²) in [6.07, 6.45) is 13.5. The Morgan fingerprint density at radius 3 is 1.57 bits per heavy atom. The van der Waals surface area contributed by atoms with Gasteiger partial charge in [0.05, 0.1) is 37.6 Å². The molecular formula is C45H53NO10. The van der Waals surface area contributed by atoms with E-state index in [9.17, 15) is 19.2 Å². The van der Waals surface area contributed by atoms with Gasteiger partial charge in [0.1, 0.15) is 23.4 Å². The van der Waals surface area contributed by atoms with E-state index in [0.29, 0.717) is 60.4 Å². The standard InChI is InChI=1S/C45H53NO10/c1-3-42(47)53-29-11-7-5-9-27-51-38-20-15-34(16-21-38)44(49)55-40-24-13-33(14-25-40)36-19-26-41(37(31-36)32-46)56-45(50)35-17-22-39(23-18-35)52-28-10-6-8-12-30-54-43(48)4-2/h3-4,15-23,26,31-33,40,46H,1-2,5-14,24-25,27-30H2. The Balaban J connectivity index is 1.14. The summed E-state index contributed by atoms with van der Waals surface area (Å²) in [5.74, 6) is 0.199. The van der Waals surface area contributed by atoms with Crippen LogP contribution >= 0.6 is 0 Å². The van der Waals surface area contributed by atoms with Gasteiger partial charge in [0.25, 0.3) is 0 Å². The van der Waals surface area contributed by atoms with Crippen molar-refractivity contribution in [2.75, 3.05) is 26.4 Å². The second-order valence-electron chi connectivity index (χ2n) is 13.5. The van der Waals surface area contributed by atoms with Crippen molar-refractivity contribution in [2.45, 2.75) is 89.1 Å². The van der Waals surface area contributed by atoms with Crippen molar-refractivity contribution in [3.05, 3.63) is 114 Å². The summed E-state index contributed by atoms with van der Waals surface area (Å²) in [7, 11) is 0. The Kier molecular flexibility index (Phi) is 18.4. The molecule has 0 saturated heterocycles. The highest BCUT2D eigenvalue weighted by molar-refractivity contribution is 5.93. The first kappa shape index (κ1) is 43.0. The molecule has 56 heavy (non-hydrogen) atoms. The van der Waals surface area contributed by atoms with E-state index >= 15 is 0 Å². The van der Waals surface area contributed by atoms with Crippen LogP contribution < -0.4 is 14.2 Å². The molecule has 0 aromatic heterocycles. The number of rotatable bonds is 24. The maximum absolute atomic E-state index is 12.9. The zero-order valence-electron chi connectivity index (χ0n) is 32.0. The van der Waals surface area contributed by atoms with Crippen LogP contribution in [0.5, 0.6) is 17.2 Å². The van der Waals surface area contributed by atoms with Gasteiger partial charge in [-0.25, -0.2) is 19.2 Å². The minimum atomic E-state index is -0.525. The first-order valence-electron chi connectivity index (χ1n) is 19.4. The topological polar surface area (TPSA) is 148 Å². The fourth-order valence-corrected chi connectivity index (χ4v) is 6.25. The number of hydrogen-bond acceptors (Lipinski definition) is 11. The van der Waals surface area contributed by atoms with Crippen LogP contribution in [-0.2, 0) is 23.8 Å². The molecule has 0 atom stereocenters. The van der Waals surface area contributed by atoms with E-state index in [1.165, 1.54) is 6.21 Å². The van der Waals surface area contributed by atoms with Gasteiger partial charge in [-0.1, -0.05) is 19.2 Å². The molecule has 0 spiro atoms. The monoisotopic (exact) mass is 767 g/mol. The molecule has 1 aliphatic carbocycles. The zero-order valence-corrected chi connectivity index (χ0v) is 32.0. The smallest absolute Gasteiger partial charge is 0.343 e. The third-order valence-corrected chi connectivity index (χ3v) is 9.43. The fourth-order valence-electron chi connectivity index (χ4n) is 6.25. The lowest BCUT2D eigenvalue weighted by Gasteiger charge is -2.29. The number of benzene rings is 3. The van der Waals surface area contributed by atoms with Crippen molar-refractivity contribution in [1.29, 1.82) is 5.41 Å². The number of ether oxygens (including phenoxy) is 6. The van der Waals surface area contributed by atoms with Crippen LogP contribution in [0.3, 0.4) is 0 Å². The van der Waals surface area contributed by atoms with E-state index in [4.69, 9.17) is 33.8 Å². The molecule has 11 nitrogen and oxygen atoms in total. The SMILES string of the molecule is C=CC(=O)OCCCCCCOc1ccc(C(=O)Oc2ccc(C3CCC(OC(=O)c4ccc(OCCCCCCOC(=O)C=C)cc4)CC3)cc2C=N)cc1. The van der Waals surface area contributed by atoms with Crippen LogP contribution in [0.4, 0.5) is 0 Å². The molecule has 3 aromatic carbocycles. The average Bonchev–Trinajstić information content (AvgIpc) is 3.23. The van der Waals surface area contributed by atoms with Crippen LogP contribution in [0.15, 0.2) is 92.0 Å². The second-order valence-corrected chi connectivity index (χ2v) is 13.5. The van der Waals surface area contributed by atoms with Crippen LogP contribution in [-0.4, -0.2) is 62.6 Å². The lowest BCUT2D eigenvalue weighted by molar-refractivity contribution is -0.138. The van der Waals surface area contributed by atoms with Gasteiger partial charge in [-0.2, -0.15) is 0 Å². The average molecular weight is 768 g/mol. The number of esters is 4. The van der Waals surface area contributed by atoms with Crippen LogP contribution in [0, 0.1) is 5.41 Å². The van der Waals surface area contributed by atoms with E-state index in [-0.39, 0.29) is 18.0 Å². The van der Waals surface area contributed by atoms with E-state index in [1.54, 1.807) is 54.6 Å². The second kappa shape index (κ2) is 23.9. The Morgan fingerprint density at radius 1 is 0.607 bits per heavy atom. The molecule has 0 aliphatic heterocycles. The zero-order chi connectivity index (χ0) is 40.0. The molecule has 4 rings (SSSR count). The molecule has 3 aromatic rings. The molecule has 1 aliphatic rings. The predicted octanol–water partition coefficient (Wildman–Crippen LogP) is 9.12. The van der Waals surface area contributed by atoms with Crippen molar-refractivity contribution in [3.63, 3.8) is 0 Å². The van der Waals surface area contributed by atoms with Gasteiger partial charge >= 0.3 is 23.9 Å². The molecule has 1 saturated carbocycles. The highest BCUT2D eigenvalue weighted by atomic mass is 16.5. The molecule has 0 radical (unpaired) electrons. The summed E-state index contributed by atoms with van der Waals surface area (Å²) in [4.78, 5) is 47.9. The van der Waals surface area contributed by atoms with E-state index in [1.807, 2.05) is 12.1 Å². The van der Waals surface area contributed by atoms with Gasteiger partial charge in [0.2, 0.25) is 0 Å². The largest absolute Gasteiger partial charge is 0.494 e. The van der Waals surface area contributed by atoms with Crippen molar-refractivity contribution in [1.82, 2.24) is 0 Å². The van der Waals surface area contributed by atoms with Gasteiger partial charge in [-0.15, -0.1) is 0 Å². The highest BCUT2D eigenvalue weighted by Gasteiger charge is 2.26. The van der Waals surface area contributed by atoms with Crippen molar-refractivity contribution in [2.24, 2.45) is 0 Å². The molecule has 0 bridgehead atoms. The summed E-state index contributed by atoms with van der Waals surface area (Å²) in [6, 6.07) is 19.3. The predicted molar refractivity (Wildman–Crippen MR) is 213 cm³/mol. The summed E-state index contributed by atoms with van der Waals surface area (Å²) in [6.45, 7) is 8.62. The van der Waals surface area contributed by atoms with E-state index in [0.717, 1.165) is 94.8 Å². The van der Waals surface area contributed by atoms with Crippen LogP contribution in [0.1, 0.15) is 115 Å². The van der Waals surface area contributed by atoms with Crippen molar-refractivity contribution >= 4 is 30.1 Å². The van der Waals surface area contributed by atoms with Gasteiger partial charge in [0, 0.05) is 23.9 Å². The van der Waals surface area contributed by atoms with Gasteiger partial charge in [-0.05, 0) is 149 Å².